The molecule has 2 fully saturated rings. The van der Waals surface area contributed by atoms with Crippen molar-refractivity contribution >= 4 is 33.3 Å². The number of rotatable bonds is 3. The van der Waals surface area contributed by atoms with Gasteiger partial charge in [0.15, 0.2) is 0 Å². The summed E-state index contributed by atoms with van der Waals surface area (Å²) in [4.78, 5) is 14.4. The van der Waals surface area contributed by atoms with Crippen LogP contribution in [0.1, 0.15) is 31.1 Å². The first-order valence-electron chi connectivity index (χ1n) is 8.01. The zero-order valence-electron chi connectivity index (χ0n) is 12.7. The molecule has 1 aliphatic carbocycles. The smallest absolute Gasteiger partial charge is 0.225 e. The summed E-state index contributed by atoms with van der Waals surface area (Å²) in [6, 6.07) is 2.29. The summed E-state index contributed by atoms with van der Waals surface area (Å²) in [6.07, 6.45) is 5.29. The Morgan fingerprint density at radius 2 is 2.05 bits per heavy atom. The molecule has 0 aromatic carbocycles. The Morgan fingerprint density at radius 1 is 1.29 bits per heavy atom. The van der Waals surface area contributed by atoms with Gasteiger partial charge in [-0.15, -0.1) is 11.3 Å². The molecule has 0 radical (unpaired) electrons. The fraction of sp³-hybridized carbons (Fsp3) is 0.625. The standard InChI is InChI=1S/C16H22N4S/c1-3-12-7-13-14(18-16(17-2)19-15(13)21-12)20-8-10-5-4-6-11(10)9-20/h7,10-11H,3-6,8-9H2,1-2H3,(H,17,18,19). The third-order valence-corrected chi connectivity index (χ3v) is 6.19. The molecule has 1 N–H and O–H groups in total. The predicted molar refractivity (Wildman–Crippen MR) is 89.4 cm³/mol. The average molecular weight is 302 g/mol. The summed E-state index contributed by atoms with van der Waals surface area (Å²) >= 11 is 1.80. The maximum absolute atomic E-state index is 4.79. The first-order valence-corrected chi connectivity index (χ1v) is 8.83. The molecule has 4 nitrogen and oxygen atoms in total. The van der Waals surface area contributed by atoms with E-state index in [-0.39, 0.29) is 0 Å². The van der Waals surface area contributed by atoms with Crippen molar-refractivity contribution in [2.24, 2.45) is 11.8 Å². The number of nitrogens with zero attached hydrogens (tertiary/aromatic N) is 3. The molecule has 112 valence electrons. The molecule has 3 heterocycles. The van der Waals surface area contributed by atoms with Crippen LogP contribution >= 0.6 is 11.3 Å². The highest BCUT2D eigenvalue weighted by atomic mass is 32.1. The number of thiophene rings is 1. The lowest BCUT2D eigenvalue weighted by Gasteiger charge is -2.19. The minimum atomic E-state index is 0.749. The number of fused-ring (bicyclic) bond motifs is 2. The quantitative estimate of drug-likeness (QED) is 0.941. The predicted octanol–water partition coefficient (Wildman–Crippen LogP) is 3.53. The van der Waals surface area contributed by atoms with E-state index in [2.05, 4.69) is 28.2 Å². The highest BCUT2D eigenvalue weighted by molar-refractivity contribution is 7.18. The van der Waals surface area contributed by atoms with E-state index in [9.17, 15) is 0 Å². The number of hydrogen-bond acceptors (Lipinski definition) is 5. The van der Waals surface area contributed by atoms with Crippen LogP contribution in [0.5, 0.6) is 0 Å². The monoisotopic (exact) mass is 302 g/mol. The minimum absolute atomic E-state index is 0.749. The maximum Gasteiger partial charge on any atom is 0.225 e. The summed E-state index contributed by atoms with van der Waals surface area (Å²) < 4.78 is 0. The van der Waals surface area contributed by atoms with E-state index >= 15 is 0 Å². The third-order valence-electron chi connectivity index (χ3n) is 5.02. The zero-order valence-corrected chi connectivity index (χ0v) is 13.5. The minimum Gasteiger partial charge on any atom is -0.357 e. The molecule has 0 amide bonds. The summed E-state index contributed by atoms with van der Waals surface area (Å²) in [5, 5.41) is 4.36. The van der Waals surface area contributed by atoms with Crippen LogP contribution in [0.25, 0.3) is 10.2 Å². The molecule has 0 spiro atoms. The van der Waals surface area contributed by atoms with Crippen molar-refractivity contribution < 1.29 is 0 Å². The van der Waals surface area contributed by atoms with E-state index in [0.717, 1.165) is 34.9 Å². The number of aromatic nitrogens is 2. The van der Waals surface area contributed by atoms with Crippen molar-refractivity contribution in [3.8, 4) is 0 Å². The van der Waals surface area contributed by atoms with E-state index in [1.807, 2.05) is 7.05 Å². The van der Waals surface area contributed by atoms with Crippen LogP contribution in [-0.4, -0.2) is 30.1 Å². The van der Waals surface area contributed by atoms with Crippen LogP contribution in [-0.2, 0) is 6.42 Å². The van der Waals surface area contributed by atoms with Crippen molar-refractivity contribution in [2.45, 2.75) is 32.6 Å². The van der Waals surface area contributed by atoms with Gasteiger partial charge in [-0.25, -0.2) is 4.98 Å². The molecular weight excluding hydrogens is 280 g/mol. The van der Waals surface area contributed by atoms with Gasteiger partial charge in [-0.1, -0.05) is 13.3 Å². The molecule has 1 saturated heterocycles. The Kier molecular flexibility index (Phi) is 3.25. The molecule has 2 aromatic rings. The van der Waals surface area contributed by atoms with Crippen molar-refractivity contribution in [2.75, 3.05) is 30.4 Å². The highest BCUT2D eigenvalue weighted by Gasteiger charge is 2.37. The van der Waals surface area contributed by atoms with Gasteiger partial charge in [0, 0.05) is 25.0 Å². The number of nitrogens with one attached hydrogen (secondary N) is 1. The van der Waals surface area contributed by atoms with Gasteiger partial charge in [0.2, 0.25) is 5.95 Å². The Hall–Kier alpha value is -1.36. The fourth-order valence-electron chi connectivity index (χ4n) is 3.89. The lowest BCUT2D eigenvalue weighted by Crippen LogP contribution is -2.22. The van der Waals surface area contributed by atoms with Crippen LogP contribution in [0.4, 0.5) is 11.8 Å². The van der Waals surface area contributed by atoms with E-state index < -0.39 is 0 Å². The van der Waals surface area contributed by atoms with Gasteiger partial charge in [-0.05, 0) is 37.2 Å². The summed E-state index contributed by atoms with van der Waals surface area (Å²) in [5.74, 6) is 3.67. The first-order chi connectivity index (χ1) is 10.3. The lowest BCUT2D eigenvalue weighted by molar-refractivity contribution is 0.494. The van der Waals surface area contributed by atoms with Crippen molar-refractivity contribution in [3.63, 3.8) is 0 Å². The largest absolute Gasteiger partial charge is 0.357 e. The van der Waals surface area contributed by atoms with Gasteiger partial charge in [0.1, 0.15) is 10.6 Å². The average Bonchev–Trinajstić information content (AvgIpc) is 3.18. The molecule has 2 atom stereocenters. The van der Waals surface area contributed by atoms with E-state index in [4.69, 9.17) is 4.98 Å². The Labute approximate surface area is 129 Å². The fourth-order valence-corrected chi connectivity index (χ4v) is 4.85. The van der Waals surface area contributed by atoms with Gasteiger partial charge in [-0.2, -0.15) is 4.98 Å². The Bertz CT molecular complexity index is 654. The molecule has 2 aromatic heterocycles. The topological polar surface area (TPSA) is 41.1 Å². The molecule has 1 saturated carbocycles. The maximum atomic E-state index is 4.79. The SMILES string of the molecule is CCc1cc2c(N3CC4CCCC4C3)nc(NC)nc2s1. The second-order valence-corrected chi connectivity index (χ2v) is 7.38. The highest BCUT2D eigenvalue weighted by Crippen LogP contribution is 2.41. The van der Waals surface area contributed by atoms with Crippen molar-refractivity contribution in [1.29, 1.82) is 0 Å². The first kappa shape index (κ1) is 13.3. The summed E-state index contributed by atoms with van der Waals surface area (Å²) in [7, 11) is 1.90. The normalized spacial score (nSPS) is 24.8. The molecule has 21 heavy (non-hydrogen) atoms. The summed E-state index contributed by atoms with van der Waals surface area (Å²) in [6.45, 7) is 4.56. The number of anilines is 2. The molecule has 4 rings (SSSR count). The van der Waals surface area contributed by atoms with Gasteiger partial charge >= 0.3 is 0 Å². The van der Waals surface area contributed by atoms with Crippen LogP contribution < -0.4 is 10.2 Å². The Balaban J connectivity index is 1.77. The van der Waals surface area contributed by atoms with Gasteiger partial charge < -0.3 is 10.2 Å². The molecule has 2 unspecified atom stereocenters. The third kappa shape index (κ3) is 2.18. The molecular formula is C16H22N4S. The van der Waals surface area contributed by atoms with Gasteiger partial charge in [0.05, 0.1) is 5.39 Å². The molecule has 2 aliphatic rings. The Morgan fingerprint density at radius 3 is 2.71 bits per heavy atom. The lowest BCUT2D eigenvalue weighted by atomic mass is 10.0. The van der Waals surface area contributed by atoms with Crippen LogP contribution in [0.3, 0.4) is 0 Å². The van der Waals surface area contributed by atoms with Gasteiger partial charge in [0.25, 0.3) is 0 Å². The molecule has 1 aliphatic heterocycles. The summed E-state index contributed by atoms with van der Waals surface area (Å²) in [5.41, 5.74) is 0. The van der Waals surface area contributed by atoms with E-state index in [0.29, 0.717) is 0 Å². The zero-order chi connectivity index (χ0) is 14.4. The van der Waals surface area contributed by atoms with Crippen LogP contribution in [0, 0.1) is 11.8 Å². The second kappa shape index (κ2) is 5.13. The van der Waals surface area contributed by atoms with Gasteiger partial charge in [-0.3, -0.25) is 0 Å². The van der Waals surface area contributed by atoms with Crippen molar-refractivity contribution in [1.82, 2.24) is 9.97 Å². The number of hydrogen-bond donors (Lipinski definition) is 1. The molecule has 0 bridgehead atoms. The molecule has 5 heteroatoms. The van der Waals surface area contributed by atoms with Crippen LogP contribution in [0.2, 0.25) is 0 Å². The second-order valence-electron chi connectivity index (χ2n) is 6.26. The number of aryl methyl sites for hydroxylation is 1. The van der Waals surface area contributed by atoms with Crippen LogP contribution in [0.15, 0.2) is 6.07 Å². The van der Waals surface area contributed by atoms with E-state index in [1.165, 1.54) is 42.6 Å². The van der Waals surface area contributed by atoms with E-state index in [1.54, 1.807) is 11.3 Å². The van der Waals surface area contributed by atoms with Crippen molar-refractivity contribution in [3.05, 3.63) is 10.9 Å².